The quantitative estimate of drug-likeness (QED) is 0.836. The molecule has 0 bridgehead atoms. The summed E-state index contributed by atoms with van der Waals surface area (Å²) >= 11 is 0. The lowest BCUT2D eigenvalue weighted by Gasteiger charge is -2.53. The number of rotatable bonds is 5. The van der Waals surface area contributed by atoms with Gasteiger partial charge in [0.15, 0.2) is 0 Å². The fourth-order valence-electron chi connectivity index (χ4n) is 3.30. The lowest BCUT2D eigenvalue weighted by atomic mass is 9.73. The molecule has 3 rings (SSSR count). The number of anilines is 1. The van der Waals surface area contributed by atoms with E-state index in [0.717, 1.165) is 26.3 Å². The molecule has 2 aliphatic heterocycles. The molecule has 0 radical (unpaired) electrons. The molecule has 0 atom stereocenters. The van der Waals surface area contributed by atoms with Crippen LogP contribution in [0.15, 0.2) is 24.3 Å². The summed E-state index contributed by atoms with van der Waals surface area (Å²) < 4.78 is 5.48. The van der Waals surface area contributed by atoms with Crippen molar-refractivity contribution in [2.45, 2.75) is 32.7 Å². The van der Waals surface area contributed by atoms with Crippen molar-refractivity contribution >= 4 is 5.69 Å². The maximum Gasteiger partial charge on any atom is 0.0472 e. The number of hydrogen-bond donors (Lipinski definition) is 1. The molecule has 0 aliphatic carbocycles. The molecule has 1 N–H and O–H groups in total. The van der Waals surface area contributed by atoms with Crippen LogP contribution in [0.4, 0.5) is 5.69 Å². The van der Waals surface area contributed by atoms with E-state index >= 15 is 0 Å². The van der Waals surface area contributed by atoms with Crippen molar-refractivity contribution < 1.29 is 4.74 Å². The Morgan fingerprint density at radius 3 is 2.50 bits per heavy atom. The molecule has 0 saturated carbocycles. The van der Waals surface area contributed by atoms with Crippen LogP contribution < -0.4 is 10.2 Å². The first-order valence-corrected chi connectivity index (χ1v) is 7.94. The molecule has 20 heavy (non-hydrogen) atoms. The summed E-state index contributed by atoms with van der Waals surface area (Å²) in [7, 11) is 0. The molecule has 2 saturated heterocycles. The highest BCUT2D eigenvalue weighted by Gasteiger charge is 2.43. The first-order chi connectivity index (χ1) is 9.81. The molecule has 3 nitrogen and oxygen atoms in total. The Bertz CT molecular complexity index is 415. The molecule has 1 aromatic carbocycles. The zero-order chi connectivity index (χ0) is 13.8. The van der Waals surface area contributed by atoms with Gasteiger partial charge in [-0.25, -0.2) is 0 Å². The Hall–Kier alpha value is -1.06. The zero-order valence-electron chi connectivity index (χ0n) is 12.5. The molecule has 2 fully saturated rings. The monoisotopic (exact) mass is 274 g/mol. The maximum absolute atomic E-state index is 5.48. The highest BCUT2D eigenvalue weighted by atomic mass is 16.5. The van der Waals surface area contributed by atoms with Crippen molar-refractivity contribution in [3.05, 3.63) is 29.8 Å². The van der Waals surface area contributed by atoms with E-state index in [4.69, 9.17) is 4.74 Å². The van der Waals surface area contributed by atoms with Gasteiger partial charge >= 0.3 is 0 Å². The van der Waals surface area contributed by atoms with Crippen LogP contribution >= 0.6 is 0 Å². The van der Waals surface area contributed by atoms with Crippen LogP contribution in [-0.2, 0) is 11.3 Å². The van der Waals surface area contributed by atoms with Gasteiger partial charge in [0.05, 0.1) is 0 Å². The first kappa shape index (κ1) is 13.9. The van der Waals surface area contributed by atoms with E-state index in [1.165, 1.54) is 43.6 Å². The fraction of sp³-hybridized carbons (Fsp3) is 0.647. The summed E-state index contributed by atoms with van der Waals surface area (Å²) in [4.78, 5) is 2.51. The number of benzene rings is 1. The Labute approximate surface area is 122 Å². The lowest BCUT2D eigenvalue weighted by molar-refractivity contribution is -0.000191. The molecular formula is C17H26N2O. The highest BCUT2D eigenvalue weighted by molar-refractivity contribution is 5.51. The molecular weight excluding hydrogens is 248 g/mol. The smallest absolute Gasteiger partial charge is 0.0472 e. The largest absolute Gasteiger partial charge is 0.381 e. The van der Waals surface area contributed by atoms with Gasteiger partial charge < -0.3 is 15.0 Å². The molecule has 3 heteroatoms. The van der Waals surface area contributed by atoms with Crippen LogP contribution in [0.5, 0.6) is 0 Å². The summed E-state index contributed by atoms with van der Waals surface area (Å²) in [5.74, 6) is 0. The second kappa shape index (κ2) is 6.15. The summed E-state index contributed by atoms with van der Waals surface area (Å²) in [5, 5.41) is 3.45. The topological polar surface area (TPSA) is 24.5 Å². The predicted octanol–water partition coefficient (Wildman–Crippen LogP) is 2.80. The Morgan fingerprint density at radius 1 is 1.15 bits per heavy atom. The highest BCUT2D eigenvalue weighted by Crippen LogP contribution is 2.41. The SMILES string of the molecule is CCCNCc1ccc(N2CC3(CCOCC3)C2)cc1. The average Bonchev–Trinajstić information content (AvgIpc) is 2.47. The molecule has 0 amide bonds. The van der Waals surface area contributed by atoms with E-state index in [9.17, 15) is 0 Å². The second-order valence-electron chi connectivity index (χ2n) is 6.31. The van der Waals surface area contributed by atoms with E-state index in [1.54, 1.807) is 0 Å². The van der Waals surface area contributed by atoms with Gasteiger partial charge in [-0.2, -0.15) is 0 Å². The lowest BCUT2D eigenvalue weighted by Crippen LogP contribution is -2.58. The standard InChI is InChI=1S/C17H26N2O/c1-2-9-18-12-15-3-5-16(6-4-15)19-13-17(14-19)7-10-20-11-8-17/h3-6,18H,2,7-14H2,1H3. The van der Waals surface area contributed by atoms with Crippen LogP contribution in [0.25, 0.3) is 0 Å². The third kappa shape index (κ3) is 2.99. The first-order valence-electron chi connectivity index (χ1n) is 7.94. The van der Waals surface area contributed by atoms with E-state index < -0.39 is 0 Å². The molecule has 2 heterocycles. The predicted molar refractivity (Wildman–Crippen MR) is 83.1 cm³/mol. The van der Waals surface area contributed by atoms with Crippen molar-refractivity contribution in [1.29, 1.82) is 0 Å². The minimum absolute atomic E-state index is 0.555. The van der Waals surface area contributed by atoms with Crippen molar-refractivity contribution in [1.82, 2.24) is 5.32 Å². The fourth-order valence-corrected chi connectivity index (χ4v) is 3.30. The number of nitrogens with one attached hydrogen (secondary N) is 1. The average molecular weight is 274 g/mol. The van der Waals surface area contributed by atoms with Crippen LogP contribution in [0, 0.1) is 5.41 Å². The van der Waals surface area contributed by atoms with Gasteiger partial charge in [0.25, 0.3) is 0 Å². The van der Waals surface area contributed by atoms with Gasteiger partial charge in [-0.05, 0) is 43.5 Å². The van der Waals surface area contributed by atoms with Crippen LogP contribution in [0.1, 0.15) is 31.7 Å². The van der Waals surface area contributed by atoms with Crippen LogP contribution in [0.2, 0.25) is 0 Å². The normalized spacial score (nSPS) is 20.9. The van der Waals surface area contributed by atoms with Crippen LogP contribution in [-0.4, -0.2) is 32.8 Å². The summed E-state index contributed by atoms with van der Waals surface area (Å²) in [6.07, 6.45) is 3.67. The number of nitrogens with zero attached hydrogens (tertiary/aromatic N) is 1. The molecule has 0 aromatic heterocycles. The van der Waals surface area contributed by atoms with Crippen molar-refractivity contribution in [3.63, 3.8) is 0 Å². The molecule has 2 aliphatic rings. The van der Waals surface area contributed by atoms with Gasteiger partial charge in [0, 0.05) is 44.0 Å². The summed E-state index contributed by atoms with van der Waals surface area (Å²) in [6.45, 7) is 8.61. The van der Waals surface area contributed by atoms with Gasteiger partial charge in [-0.1, -0.05) is 19.1 Å². The van der Waals surface area contributed by atoms with Crippen molar-refractivity contribution in [2.75, 3.05) is 37.7 Å². The van der Waals surface area contributed by atoms with Gasteiger partial charge in [0.2, 0.25) is 0 Å². The Balaban J connectivity index is 1.51. The van der Waals surface area contributed by atoms with Crippen LogP contribution in [0.3, 0.4) is 0 Å². The molecule has 0 unspecified atom stereocenters. The van der Waals surface area contributed by atoms with Crippen molar-refractivity contribution in [2.24, 2.45) is 5.41 Å². The third-order valence-corrected chi connectivity index (χ3v) is 4.66. The molecule has 1 aromatic rings. The second-order valence-corrected chi connectivity index (χ2v) is 6.31. The van der Waals surface area contributed by atoms with E-state index in [-0.39, 0.29) is 0 Å². The van der Waals surface area contributed by atoms with Gasteiger partial charge in [-0.15, -0.1) is 0 Å². The summed E-state index contributed by atoms with van der Waals surface area (Å²) in [6, 6.07) is 9.06. The molecule has 110 valence electrons. The Kier molecular flexibility index (Phi) is 4.27. The maximum atomic E-state index is 5.48. The van der Waals surface area contributed by atoms with Gasteiger partial charge in [0.1, 0.15) is 0 Å². The van der Waals surface area contributed by atoms with E-state index in [1.807, 2.05) is 0 Å². The van der Waals surface area contributed by atoms with Gasteiger partial charge in [-0.3, -0.25) is 0 Å². The van der Waals surface area contributed by atoms with E-state index in [0.29, 0.717) is 5.41 Å². The third-order valence-electron chi connectivity index (χ3n) is 4.66. The number of ether oxygens (including phenoxy) is 1. The Morgan fingerprint density at radius 2 is 1.85 bits per heavy atom. The molecule has 1 spiro atoms. The van der Waals surface area contributed by atoms with E-state index in [2.05, 4.69) is 41.4 Å². The minimum Gasteiger partial charge on any atom is -0.381 e. The summed E-state index contributed by atoms with van der Waals surface area (Å²) in [5.41, 5.74) is 3.31. The van der Waals surface area contributed by atoms with Crippen molar-refractivity contribution in [3.8, 4) is 0 Å². The minimum atomic E-state index is 0.555. The number of hydrogen-bond acceptors (Lipinski definition) is 3. The zero-order valence-corrected chi connectivity index (χ0v) is 12.5.